The Bertz CT molecular complexity index is 984. The minimum Gasteiger partial charge on any atom is -0.274 e. The summed E-state index contributed by atoms with van der Waals surface area (Å²) in [5.41, 5.74) is 3.93. The summed E-state index contributed by atoms with van der Waals surface area (Å²) in [5.74, 6) is 0.764. The van der Waals surface area contributed by atoms with Crippen molar-refractivity contribution in [2.75, 3.05) is 0 Å². The number of halogens is 3. The van der Waals surface area contributed by atoms with Gasteiger partial charge in [-0.25, -0.2) is 4.68 Å². The molecule has 0 unspecified atom stereocenters. The number of hydrogen-bond donors (Lipinski definition) is 0. The van der Waals surface area contributed by atoms with E-state index in [1.807, 2.05) is 18.2 Å². The minimum atomic E-state index is -0.582. The highest BCUT2D eigenvalue weighted by Gasteiger charge is 2.29. The highest BCUT2D eigenvalue weighted by atomic mass is 35.5. The molecule has 0 atom stereocenters. The van der Waals surface area contributed by atoms with Crippen LogP contribution in [0.1, 0.15) is 16.1 Å². The lowest BCUT2D eigenvalue weighted by Crippen LogP contribution is -2.03. The Balaban J connectivity index is 2.05. The van der Waals surface area contributed by atoms with E-state index in [0.717, 1.165) is 21.9 Å². The summed E-state index contributed by atoms with van der Waals surface area (Å²) in [4.78, 5) is 12.6. The Morgan fingerprint density at radius 1 is 1.17 bits per heavy atom. The fraction of sp³-hybridized carbons (Fsp3) is 0.0588. The van der Waals surface area contributed by atoms with Crippen LogP contribution in [0.25, 0.3) is 16.9 Å². The van der Waals surface area contributed by atoms with E-state index in [1.165, 1.54) is 5.56 Å². The van der Waals surface area contributed by atoms with Gasteiger partial charge >= 0.3 is 0 Å². The highest BCUT2D eigenvalue weighted by Crippen LogP contribution is 2.45. The Hall–Kier alpha value is -1.46. The molecule has 0 spiro atoms. The summed E-state index contributed by atoms with van der Waals surface area (Å²) < 4.78 is 1.68. The Kier molecular flexibility index (Phi) is 4.09. The van der Waals surface area contributed by atoms with Gasteiger partial charge in [0.25, 0.3) is 5.24 Å². The van der Waals surface area contributed by atoms with E-state index >= 15 is 0 Å². The molecule has 0 fully saturated rings. The van der Waals surface area contributed by atoms with E-state index < -0.39 is 5.24 Å². The van der Waals surface area contributed by atoms with Crippen molar-refractivity contribution < 1.29 is 4.79 Å². The van der Waals surface area contributed by atoms with Crippen LogP contribution in [-0.4, -0.2) is 15.0 Å². The first-order valence-corrected chi connectivity index (χ1v) is 9.17. The fourth-order valence-corrected chi connectivity index (χ4v) is 4.59. The zero-order chi connectivity index (χ0) is 16.8. The van der Waals surface area contributed by atoms with Crippen molar-refractivity contribution in [2.45, 2.75) is 10.6 Å². The normalized spacial score (nSPS) is 12.6. The molecule has 2 heterocycles. The van der Waals surface area contributed by atoms with Gasteiger partial charge in [-0.15, -0.1) is 11.8 Å². The van der Waals surface area contributed by atoms with Gasteiger partial charge in [-0.05, 0) is 35.4 Å². The lowest BCUT2D eigenvalue weighted by atomic mass is 10.0. The van der Waals surface area contributed by atoms with Crippen molar-refractivity contribution in [3.05, 3.63) is 63.8 Å². The number of thioether (sulfide) groups is 1. The molecule has 0 amide bonds. The van der Waals surface area contributed by atoms with Crippen molar-refractivity contribution in [2.24, 2.45) is 0 Å². The van der Waals surface area contributed by atoms with Crippen LogP contribution < -0.4 is 0 Å². The molecule has 0 bridgehead atoms. The van der Waals surface area contributed by atoms with E-state index in [4.69, 9.17) is 34.8 Å². The molecule has 0 N–H and O–H groups in total. The number of carbonyl (C=O) groups is 1. The van der Waals surface area contributed by atoms with Crippen molar-refractivity contribution in [1.29, 1.82) is 0 Å². The number of rotatable bonds is 2. The first-order valence-electron chi connectivity index (χ1n) is 7.05. The van der Waals surface area contributed by atoms with Crippen LogP contribution >= 0.6 is 46.6 Å². The lowest BCUT2D eigenvalue weighted by molar-refractivity contribution is 0.107. The predicted molar refractivity (Wildman–Crippen MR) is 98.8 cm³/mol. The molecule has 1 aliphatic heterocycles. The molecule has 4 rings (SSSR count). The maximum atomic E-state index is 11.8. The Morgan fingerprint density at radius 2 is 1.96 bits per heavy atom. The molecule has 1 aromatic heterocycles. The Morgan fingerprint density at radius 3 is 2.71 bits per heavy atom. The van der Waals surface area contributed by atoms with Crippen LogP contribution in [0.3, 0.4) is 0 Å². The monoisotopic (exact) mass is 394 g/mol. The van der Waals surface area contributed by atoms with E-state index in [1.54, 1.807) is 34.6 Å². The molecular weight excluding hydrogens is 387 g/mol. The Labute approximate surface area is 157 Å². The average Bonchev–Trinajstić information content (AvgIpc) is 2.95. The molecule has 24 heavy (non-hydrogen) atoms. The van der Waals surface area contributed by atoms with E-state index in [9.17, 15) is 4.79 Å². The lowest BCUT2D eigenvalue weighted by Gasteiger charge is -2.18. The summed E-state index contributed by atoms with van der Waals surface area (Å²) in [6, 6.07) is 13.2. The quantitative estimate of drug-likeness (QED) is 0.512. The van der Waals surface area contributed by atoms with E-state index in [0.29, 0.717) is 15.7 Å². The maximum absolute atomic E-state index is 11.8. The van der Waals surface area contributed by atoms with Crippen LogP contribution in [0, 0.1) is 0 Å². The van der Waals surface area contributed by atoms with Gasteiger partial charge in [-0.3, -0.25) is 4.79 Å². The van der Waals surface area contributed by atoms with Crippen LogP contribution in [0.5, 0.6) is 0 Å². The largest absolute Gasteiger partial charge is 0.274 e. The van der Waals surface area contributed by atoms with Gasteiger partial charge in [-0.1, -0.05) is 47.5 Å². The first kappa shape index (κ1) is 16.0. The maximum Gasteiger partial charge on any atom is 0.273 e. The number of nitrogens with zero attached hydrogens (tertiary/aromatic N) is 2. The fourth-order valence-electron chi connectivity index (χ4n) is 2.76. The smallest absolute Gasteiger partial charge is 0.273 e. The van der Waals surface area contributed by atoms with Crippen molar-refractivity contribution >= 4 is 51.8 Å². The van der Waals surface area contributed by atoms with Crippen LogP contribution in [0.2, 0.25) is 10.0 Å². The molecule has 2 aromatic carbocycles. The molecule has 0 radical (unpaired) electrons. The van der Waals surface area contributed by atoms with Crippen LogP contribution in [0.15, 0.2) is 47.4 Å². The second-order valence-corrected chi connectivity index (χ2v) is 7.43. The summed E-state index contributed by atoms with van der Waals surface area (Å²) >= 11 is 19.6. The standard InChI is InChI=1S/C17H9Cl3N2OS/c18-10-5-6-13(12(19)7-10)22-15-11-4-2-1-3-9(11)8-24-16(15)14(21-22)17(20)23/h1-7H,8H2. The average molecular weight is 396 g/mol. The zero-order valence-corrected chi connectivity index (χ0v) is 15.2. The molecule has 3 aromatic rings. The third-order valence-electron chi connectivity index (χ3n) is 3.81. The topological polar surface area (TPSA) is 34.9 Å². The molecule has 3 nitrogen and oxygen atoms in total. The molecule has 0 aliphatic carbocycles. The van der Waals surface area contributed by atoms with Gasteiger partial charge < -0.3 is 0 Å². The van der Waals surface area contributed by atoms with E-state index in [-0.39, 0.29) is 5.69 Å². The van der Waals surface area contributed by atoms with Crippen molar-refractivity contribution in [3.8, 4) is 16.9 Å². The van der Waals surface area contributed by atoms with Gasteiger partial charge in [0.05, 0.1) is 21.3 Å². The second kappa shape index (κ2) is 6.12. The molecular formula is C17H9Cl3N2OS. The molecule has 1 aliphatic rings. The summed E-state index contributed by atoms with van der Waals surface area (Å²) in [7, 11) is 0. The van der Waals surface area contributed by atoms with Gasteiger partial charge in [-0.2, -0.15) is 5.10 Å². The van der Waals surface area contributed by atoms with Gasteiger partial charge in [0, 0.05) is 16.3 Å². The number of hydrogen-bond acceptors (Lipinski definition) is 3. The third kappa shape index (κ3) is 2.54. The van der Waals surface area contributed by atoms with Crippen molar-refractivity contribution in [1.82, 2.24) is 9.78 Å². The summed E-state index contributed by atoms with van der Waals surface area (Å²) in [6.45, 7) is 0. The highest BCUT2D eigenvalue weighted by molar-refractivity contribution is 7.98. The third-order valence-corrected chi connectivity index (χ3v) is 5.66. The second-order valence-electron chi connectivity index (χ2n) is 5.25. The minimum absolute atomic E-state index is 0.247. The predicted octanol–water partition coefficient (Wildman–Crippen LogP) is 5.83. The van der Waals surface area contributed by atoms with Gasteiger partial charge in [0.2, 0.25) is 0 Å². The summed E-state index contributed by atoms with van der Waals surface area (Å²) in [5, 5.41) is 4.84. The number of carbonyl (C=O) groups excluding carboxylic acids is 1. The number of aromatic nitrogens is 2. The van der Waals surface area contributed by atoms with Gasteiger partial charge in [0.1, 0.15) is 0 Å². The number of benzene rings is 2. The molecule has 0 saturated heterocycles. The molecule has 0 saturated carbocycles. The van der Waals surface area contributed by atoms with Gasteiger partial charge in [0.15, 0.2) is 5.69 Å². The SMILES string of the molecule is O=C(Cl)c1nn(-c2ccc(Cl)cc2Cl)c2c1SCc1ccccc1-2. The van der Waals surface area contributed by atoms with Crippen LogP contribution in [-0.2, 0) is 5.75 Å². The van der Waals surface area contributed by atoms with Crippen LogP contribution in [0.4, 0.5) is 0 Å². The number of fused-ring (bicyclic) bond motifs is 3. The molecule has 7 heteroatoms. The van der Waals surface area contributed by atoms with Crippen molar-refractivity contribution in [3.63, 3.8) is 0 Å². The van der Waals surface area contributed by atoms with E-state index in [2.05, 4.69) is 11.2 Å². The zero-order valence-electron chi connectivity index (χ0n) is 12.1. The first-order chi connectivity index (χ1) is 11.6. The molecule has 120 valence electrons. The summed E-state index contributed by atoms with van der Waals surface area (Å²) in [6.07, 6.45) is 0.